The fourth-order valence-electron chi connectivity index (χ4n) is 2.51. The van der Waals surface area contributed by atoms with E-state index >= 15 is 0 Å². The van der Waals surface area contributed by atoms with Gasteiger partial charge < -0.3 is 10.1 Å². The maximum Gasteiger partial charge on any atom is 0.119 e. The van der Waals surface area contributed by atoms with Crippen molar-refractivity contribution in [1.29, 1.82) is 0 Å². The van der Waals surface area contributed by atoms with Crippen LogP contribution in [0.25, 0.3) is 0 Å². The van der Waals surface area contributed by atoms with Crippen molar-refractivity contribution in [1.82, 2.24) is 5.32 Å². The highest BCUT2D eigenvalue weighted by Crippen LogP contribution is 2.35. The van der Waals surface area contributed by atoms with E-state index < -0.39 is 0 Å². The van der Waals surface area contributed by atoms with Gasteiger partial charge in [0.05, 0.1) is 7.11 Å². The summed E-state index contributed by atoms with van der Waals surface area (Å²) in [6, 6.07) is 6.97. The quantitative estimate of drug-likeness (QED) is 0.866. The molecular formula is C17H27NO. The van der Waals surface area contributed by atoms with Crippen LogP contribution in [0.3, 0.4) is 0 Å². The predicted octanol–water partition coefficient (Wildman–Crippen LogP) is 3.95. The molecule has 1 unspecified atom stereocenters. The molecule has 1 aromatic rings. The fourth-order valence-corrected chi connectivity index (χ4v) is 2.51. The van der Waals surface area contributed by atoms with E-state index in [1.165, 1.54) is 24.0 Å². The summed E-state index contributed by atoms with van der Waals surface area (Å²) in [5, 5.41) is 3.76. The molecule has 2 rings (SSSR count). The Morgan fingerprint density at radius 3 is 2.74 bits per heavy atom. The molecule has 1 atom stereocenters. The monoisotopic (exact) mass is 261 g/mol. The van der Waals surface area contributed by atoms with Gasteiger partial charge in [-0.1, -0.05) is 33.8 Å². The van der Waals surface area contributed by atoms with Gasteiger partial charge in [-0.15, -0.1) is 0 Å². The third-order valence-electron chi connectivity index (χ3n) is 4.80. The number of fused-ring (bicyclic) bond motifs is 1. The summed E-state index contributed by atoms with van der Waals surface area (Å²) in [6.07, 6.45) is 2.38. The summed E-state index contributed by atoms with van der Waals surface area (Å²) in [5.41, 5.74) is 3.24. The number of benzene rings is 1. The zero-order valence-electron chi connectivity index (χ0n) is 12.9. The summed E-state index contributed by atoms with van der Waals surface area (Å²) in [6.45, 7) is 10.3. The van der Waals surface area contributed by atoms with Crippen LogP contribution in [-0.2, 0) is 6.42 Å². The van der Waals surface area contributed by atoms with Gasteiger partial charge >= 0.3 is 0 Å². The maximum atomic E-state index is 5.34. The standard InChI is InChI=1S/C17H27NO/c1-12(2)17(3,4)11-18-16-9-7-13-6-8-14(19-5)10-15(13)16/h6,8,10,12,16,18H,7,9,11H2,1-5H3. The summed E-state index contributed by atoms with van der Waals surface area (Å²) < 4.78 is 5.34. The normalized spacial score (nSPS) is 18.7. The molecule has 0 aliphatic heterocycles. The lowest BCUT2D eigenvalue weighted by Crippen LogP contribution is -2.35. The predicted molar refractivity (Wildman–Crippen MR) is 80.7 cm³/mol. The zero-order chi connectivity index (χ0) is 14.0. The van der Waals surface area contributed by atoms with Gasteiger partial charge in [-0.05, 0) is 47.4 Å². The molecule has 1 aromatic carbocycles. The van der Waals surface area contributed by atoms with E-state index in [4.69, 9.17) is 4.74 Å². The van der Waals surface area contributed by atoms with Crippen molar-refractivity contribution >= 4 is 0 Å². The van der Waals surface area contributed by atoms with Crippen LogP contribution < -0.4 is 10.1 Å². The number of ether oxygens (including phenoxy) is 1. The first-order valence-electron chi connectivity index (χ1n) is 7.34. The summed E-state index contributed by atoms with van der Waals surface area (Å²) >= 11 is 0. The SMILES string of the molecule is COc1ccc2c(c1)C(NCC(C)(C)C(C)C)CC2. The Hall–Kier alpha value is -1.02. The van der Waals surface area contributed by atoms with Crippen LogP contribution >= 0.6 is 0 Å². The molecule has 0 radical (unpaired) electrons. The second-order valence-electron chi connectivity index (χ2n) is 6.68. The lowest BCUT2D eigenvalue weighted by atomic mass is 9.81. The zero-order valence-corrected chi connectivity index (χ0v) is 12.9. The van der Waals surface area contributed by atoms with Gasteiger partial charge in [0.2, 0.25) is 0 Å². The molecular weight excluding hydrogens is 234 g/mol. The fraction of sp³-hybridized carbons (Fsp3) is 0.647. The van der Waals surface area contributed by atoms with Crippen molar-refractivity contribution < 1.29 is 4.74 Å². The minimum Gasteiger partial charge on any atom is -0.497 e. The Balaban J connectivity index is 2.06. The lowest BCUT2D eigenvalue weighted by molar-refractivity contribution is 0.228. The molecule has 0 spiro atoms. The first-order chi connectivity index (χ1) is 8.94. The van der Waals surface area contributed by atoms with Crippen LogP contribution in [0, 0.1) is 11.3 Å². The topological polar surface area (TPSA) is 21.3 Å². The average molecular weight is 261 g/mol. The van der Waals surface area contributed by atoms with Gasteiger partial charge in [0.25, 0.3) is 0 Å². The minimum atomic E-state index is 0.335. The van der Waals surface area contributed by atoms with Crippen molar-refractivity contribution in [2.24, 2.45) is 11.3 Å². The summed E-state index contributed by atoms with van der Waals surface area (Å²) in [7, 11) is 1.74. The summed E-state index contributed by atoms with van der Waals surface area (Å²) in [4.78, 5) is 0. The van der Waals surface area contributed by atoms with E-state index in [0.717, 1.165) is 12.3 Å². The van der Waals surface area contributed by atoms with Crippen molar-refractivity contribution in [2.75, 3.05) is 13.7 Å². The van der Waals surface area contributed by atoms with E-state index in [-0.39, 0.29) is 0 Å². The molecule has 0 saturated carbocycles. The first kappa shape index (κ1) is 14.4. The smallest absolute Gasteiger partial charge is 0.119 e. The first-order valence-corrected chi connectivity index (χ1v) is 7.34. The lowest BCUT2D eigenvalue weighted by Gasteiger charge is -2.31. The Bertz CT molecular complexity index is 437. The van der Waals surface area contributed by atoms with E-state index in [9.17, 15) is 0 Å². The molecule has 0 amide bonds. The Morgan fingerprint density at radius 1 is 1.37 bits per heavy atom. The molecule has 0 fully saturated rings. The number of hydrogen-bond donors (Lipinski definition) is 1. The average Bonchev–Trinajstić information content (AvgIpc) is 2.78. The molecule has 2 heteroatoms. The molecule has 1 aliphatic carbocycles. The van der Waals surface area contributed by atoms with Crippen molar-refractivity contribution in [3.05, 3.63) is 29.3 Å². The van der Waals surface area contributed by atoms with Crippen LogP contribution in [0.2, 0.25) is 0 Å². The van der Waals surface area contributed by atoms with E-state index in [0.29, 0.717) is 17.4 Å². The van der Waals surface area contributed by atoms with Gasteiger partial charge in [0, 0.05) is 12.6 Å². The van der Waals surface area contributed by atoms with Gasteiger partial charge in [-0.25, -0.2) is 0 Å². The van der Waals surface area contributed by atoms with Gasteiger partial charge in [0.1, 0.15) is 5.75 Å². The number of nitrogens with one attached hydrogen (secondary N) is 1. The largest absolute Gasteiger partial charge is 0.497 e. The number of hydrogen-bond acceptors (Lipinski definition) is 2. The Labute approximate surface area is 117 Å². The Kier molecular flexibility index (Phi) is 4.19. The Morgan fingerprint density at radius 2 is 2.11 bits per heavy atom. The molecule has 0 saturated heterocycles. The highest BCUT2D eigenvalue weighted by atomic mass is 16.5. The molecule has 2 nitrogen and oxygen atoms in total. The van der Waals surface area contributed by atoms with Crippen LogP contribution in [0.4, 0.5) is 0 Å². The van der Waals surface area contributed by atoms with Crippen LogP contribution in [0.15, 0.2) is 18.2 Å². The minimum absolute atomic E-state index is 0.335. The van der Waals surface area contributed by atoms with Crippen molar-refractivity contribution in [3.63, 3.8) is 0 Å². The van der Waals surface area contributed by atoms with Gasteiger partial charge in [-0.2, -0.15) is 0 Å². The van der Waals surface area contributed by atoms with Crippen LogP contribution in [-0.4, -0.2) is 13.7 Å². The van der Waals surface area contributed by atoms with Crippen LogP contribution in [0.1, 0.15) is 51.3 Å². The van der Waals surface area contributed by atoms with Gasteiger partial charge in [-0.3, -0.25) is 0 Å². The van der Waals surface area contributed by atoms with E-state index in [2.05, 4.69) is 51.2 Å². The van der Waals surface area contributed by atoms with E-state index in [1.54, 1.807) is 7.11 Å². The second kappa shape index (κ2) is 5.54. The molecule has 1 aliphatic rings. The number of aryl methyl sites for hydroxylation is 1. The highest BCUT2D eigenvalue weighted by molar-refractivity contribution is 5.40. The molecule has 0 bridgehead atoms. The van der Waals surface area contributed by atoms with Crippen molar-refractivity contribution in [2.45, 2.75) is 46.6 Å². The molecule has 0 heterocycles. The molecule has 1 N–H and O–H groups in total. The summed E-state index contributed by atoms with van der Waals surface area (Å²) in [5.74, 6) is 1.65. The van der Waals surface area contributed by atoms with Crippen LogP contribution in [0.5, 0.6) is 5.75 Å². The number of rotatable bonds is 5. The highest BCUT2D eigenvalue weighted by Gasteiger charge is 2.27. The van der Waals surface area contributed by atoms with E-state index in [1.807, 2.05) is 0 Å². The van der Waals surface area contributed by atoms with Crippen molar-refractivity contribution in [3.8, 4) is 5.75 Å². The third-order valence-corrected chi connectivity index (χ3v) is 4.80. The molecule has 106 valence electrons. The third kappa shape index (κ3) is 3.11. The van der Waals surface area contributed by atoms with Gasteiger partial charge in [0.15, 0.2) is 0 Å². The molecule has 19 heavy (non-hydrogen) atoms. The molecule has 0 aromatic heterocycles. The maximum absolute atomic E-state index is 5.34. The second-order valence-corrected chi connectivity index (χ2v) is 6.68. The number of methoxy groups -OCH3 is 1.